The van der Waals surface area contributed by atoms with Gasteiger partial charge in [-0.15, -0.1) is 0 Å². The number of benzene rings is 1. The minimum atomic E-state index is 0.256. The third-order valence-electron chi connectivity index (χ3n) is 2.24. The van der Waals surface area contributed by atoms with Crippen molar-refractivity contribution in [3.8, 4) is 5.75 Å². The summed E-state index contributed by atoms with van der Waals surface area (Å²) in [5.41, 5.74) is 1.27. The van der Waals surface area contributed by atoms with Gasteiger partial charge in [-0.3, -0.25) is 0 Å². The maximum Gasteiger partial charge on any atom is 0.119 e. The molecule has 0 aliphatic carbocycles. The van der Waals surface area contributed by atoms with Gasteiger partial charge in [-0.05, 0) is 43.6 Å². The second kappa shape index (κ2) is 7.26. The Hall–Kier alpha value is -1.06. The molecule has 0 bridgehead atoms. The van der Waals surface area contributed by atoms with Gasteiger partial charge in [-0.2, -0.15) is 0 Å². The quantitative estimate of drug-likeness (QED) is 0.663. The van der Waals surface area contributed by atoms with Gasteiger partial charge in [0, 0.05) is 6.61 Å². The molecule has 0 atom stereocenters. The van der Waals surface area contributed by atoms with E-state index in [1.54, 1.807) is 7.11 Å². The van der Waals surface area contributed by atoms with Crippen LogP contribution in [0.1, 0.15) is 12.0 Å². The van der Waals surface area contributed by atoms with Crippen LogP contribution in [-0.4, -0.2) is 31.9 Å². The van der Waals surface area contributed by atoms with Crippen molar-refractivity contribution in [2.45, 2.75) is 12.8 Å². The molecule has 0 spiro atoms. The number of aliphatic hydroxyl groups is 1. The lowest BCUT2D eigenvalue weighted by molar-refractivity contribution is 0.286. The van der Waals surface area contributed by atoms with Crippen LogP contribution in [-0.2, 0) is 6.42 Å². The maximum atomic E-state index is 8.59. The van der Waals surface area contributed by atoms with Crippen molar-refractivity contribution in [1.82, 2.24) is 5.32 Å². The standard InChI is InChI=1S/C12H19NO2/c1-15-12-5-2-4-11(10-12)6-8-13-7-3-9-14/h2,4-5,10,13-14H,3,6-9H2,1H3. The number of nitrogens with one attached hydrogen (secondary N) is 1. The van der Waals surface area contributed by atoms with Crippen molar-refractivity contribution < 1.29 is 9.84 Å². The SMILES string of the molecule is COc1cccc(CCNCCCO)c1. The molecule has 0 aliphatic rings. The lowest BCUT2D eigenvalue weighted by Crippen LogP contribution is -2.19. The van der Waals surface area contributed by atoms with E-state index in [0.717, 1.165) is 31.7 Å². The highest BCUT2D eigenvalue weighted by Crippen LogP contribution is 2.12. The lowest BCUT2D eigenvalue weighted by Gasteiger charge is -2.05. The first-order valence-electron chi connectivity index (χ1n) is 5.31. The first kappa shape index (κ1) is 12.0. The van der Waals surface area contributed by atoms with Crippen molar-refractivity contribution in [2.24, 2.45) is 0 Å². The summed E-state index contributed by atoms with van der Waals surface area (Å²) in [7, 11) is 1.68. The summed E-state index contributed by atoms with van der Waals surface area (Å²) in [6, 6.07) is 8.09. The third-order valence-corrected chi connectivity index (χ3v) is 2.24. The molecule has 0 saturated carbocycles. The van der Waals surface area contributed by atoms with Crippen molar-refractivity contribution in [1.29, 1.82) is 0 Å². The van der Waals surface area contributed by atoms with Gasteiger partial charge in [-0.1, -0.05) is 12.1 Å². The van der Waals surface area contributed by atoms with E-state index in [9.17, 15) is 0 Å². The molecule has 0 fully saturated rings. The monoisotopic (exact) mass is 209 g/mol. The zero-order valence-electron chi connectivity index (χ0n) is 9.20. The van der Waals surface area contributed by atoms with Crippen molar-refractivity contribution in [3.05, 3.63) is 29.8 Å². The van der Waals surface area contributed by atoms with E-state index in [1.165, 1.54) is 5.56 Å². The van der Waals surface area contributed by atoms with Crippen LogP contribution >= 0.6 is 0 Å². The molecule has 3 heteroatoms. The second-order valence-electron chi connectivity index (χ2n) is 3.43. The zero-order chi connectivity index (χ0) is 10.9. The summed E-state index contributed by atoms with van der Waals surface area (Å²) < 4.78 is 5.15. The van der Waals surface area contributed by atoms with E-state index in [-0.39, 0.29) is 6.61 Å². The number of hydrogen-bond donors (Lipinski definition) is 2. The minimum absolute atomic E-state index is 0.256. The lowest BCUT2D eigenvalue weighted by atomic mass is 10.1. The maximum absolute atomic E-state index is 8.59. The van der Waals surface area contributed by atoms with Crippen LogP contribution in [0.2, 0.25) is 0 Å². The summed E-state index contributed by atoms with van der Waals surface area (Å²) >= 11 is 0. The van der Waals surface area contributed by atoms with Crippen LogP contribution in [0.4, 0.5) is 0 Å². The molecule has 0 unspecified atom stereocenters. The second-order valence-corrected chi connectivity index (χ2v) is 3.43. The number of ether oxygens (including phenoxy) is 1. The first-order chi connectivity index (χ1) is 7.36. The molecule has 0 radical (unpaired) electrons. The number of hydrogen-bond acceptors (Lipinski definition) is 3. The molecule has 2 N–H and O–H groups in total. The van der Waals surface area contributed by atoms with Crippen LogP contribution in [0.3, 0.4) is 0 Å². The van der Waals surface area contributed by atoms with Crippen molar-refractivity contribution >= 4 is 0 Å². The molecule has 84 valence electrons. The van der Waals surface area contributed by atoms with Gasteiger partial charge < -0.3 is 15.2 Å². The van der Waals surface area contributed by atoms with E-state index < -0.39 is 0 Å². The Morgan fingerprint density at radius 3 is 2.93 bits per heavy atom. The number of rotatable bonds is 7. The van der Waals surface area contributed by atoms with E-state index in [1.807, 2.05) is 18.2 Å². The normalized spacial score (nSPS) is 10.3. The molecule has 0 amide bonds. The Kier molecular flexibility index (Phi) is 5.81. The smallest absolute Gasteiger partial charge is 0.119 e. The number of aliphatic hydroxyl groups excluding tert-OH is 1. The van der Waals surface area contributed by atoms with E-state index in [2.05, 4.69) is 11.4 Å². The summed E-state index contributed by atoms with van der Waals surface area (Å²) in [6.45, 7) is 2.07. The third kappa shape index (κ3) is 4.81. The fourth-order valence-electron chi connectivity index (χ4n) is 1.39. The Morgan fingerprint density at radius 2 is 2.20 bits per heavy atom. The zero-order valence-corrected chi connectivity index (χ0v) is 9.20. The van der Waals surface area contributed by atoms with Gasteiger partial charge in [0.25, 0.3) is 0 Å². The summed E-state index contributed by atoms with van der Waals surface area (Å²) in [4.78, 5) is 0. The predicted octanol–water partition coefficient (Wildman–Crippen LogP) is 1.21. The average Bonchev–Trinajstić information content (AvgIpc) is 2.29. The predicted molar refractivity (Wildman–Crippen MR) is 61.3 cm³/mol. The Bertz CT molecular complexity index is 276. The number of methoxy groups -OCH3 is 1. The van der Waals surface area contributed by atoms with E-state index in [4.69, 9.17) is 9.84 Å². The summed E-state index contributed by atoms with van der Waals surface area (Å²) in [5.74, 6) is 0.905. The molecular weight excluding hydrogens is 190 g/mol. The van der Waals surface area contributed by atoms with Crippen LogP contribution in [0.15, 0.2) is 24.3 Å². The molecule has 0 saturated heterocycles. The molecule has 15 heavy (non-hydrogen) atoms. The highest BCUT2D eigenvalue weighted by atomic mass is 16.5. The molecule has 0 aliphatic heterocycles. The van der Waals surface area contributed by atoms with Crippen molar-refractivity contribution in [3.63, 3.8) is 0 Å². The Labute approximate surface area is 91.1 Å². The van der Waals surface area contributed by atoms with Crippen LogP contribution < -0.4 is 10.1 Å². The van der Waals surface area contributed by atoms with Gasteiger partial charge in [-0.25, -0.2) is 0 Å². The van der Waals surface area contributed by atoms with Gasteiger partial charge in [0.15, 0.2) is 0 Å². The first-order valence-corrected chi connectivity index (χ1v) is 5.31. The fourth-order valence-corrected chi connectivity index (χ4v) is 1.39. The minimum Gasteiger partial charge on any atom is -0.497 e. The average molecular weight is 209 g/mol. The highest BCUT2D eigenvalue weighted by molar-refractivity contribution is 5.28. The molecule has 1 aromatic rings. The van der Waals surface area contributed by atoms with E-state index >= 15 is 0 Å². The molecular formula is C12H19NO2. The van der Waals surface area contributed by atoms with Crippen LogP contribution in [0.25, 0.3) is 0 Å². The largest absolute Gasteiger partial charge is 0.497 e. The van der Waals surface area contributed by atoms with Crippen LogP contribution in [0, 0.1) is 0 Å². The van der Waals surface area contributed by atoms with Gasteiger partial charge in [0.2, 0.25) is 0 Å². The summed E-state index contributed by atoms with van der Waals surface area (Å²) in [5, 5.41) is 11.9. The highest BCUT2D eigenvalue weighted by Gasteiger charge is 1.95. The van der Waals surface area contributed by atoms with Crippen molar-refractivity contribution in [2.75, 3.05) is 26.8 Å². The molecule has 1 aromatic carbocycles. The van der Waals surface area contributed by atoms with Gasteiger partial charge in [0.1, 0.15) is 5.75 Å². The Balaban J connectivity index is 2.24. The van der Waals surface area contributed by atoms with Gasteiger partial charge in [0.05, 0.1) is 7.11 Å². The topological polar surface area (TPSA) is 41.5 Å². The summed E-state index contributed by atoms with van der Waals surface area (Å²) in [6.07, 6.45) is 1.81. The molecule has 3 nitrogen and oxygen atoms in total. The van der Waals surface area contributed by atoms with Gasteiger partial charge >= 0.3 is 0 Å². The molecule has 0 aromatic heterocycles. The van der Waals surface area contributed by atoms with Crippen LogP contribution in [0.5, 0.6) is 5.75 Å². The van der Waals surface area contributed by atoms with E-state index in [0.29, 0.717) is 0 Å². The molecule has 1 rings (SSSR count). The molecule has 0 heterocycles. The Morgan fingerprint density at radius 1 is 1.33 bits per heavy atom. The fraction of sp³-hybridized carbons (Fsp3) is 0.500.